The van der Waals surface area contributed by atoms with Crippen molar-refractivity contribution in [2.45, 2.75) is 38.3 Å². The van der Waals surface area contributed by atoms with Crippen LogP contribution in [0.2, 0.25) is 0 Å². The summed E-state index contributed by atoms with van der Waals surface area (Å²) >= 11 is 0. The molecule has 2 heterocycles. The molecule has 1 aliphatic rings. The quantitative estimate of drug-likeness (QED) is 0.766. The third-order valence-electron chi connectivity index (χ3n) is 4.59. The van der Waals surface area contributed by atoms with Gasteiger partial charge in [0.15, 0.2) is 0 Å². The predicted molar refractivity (Wildman–Crippen MR) is 93.6 cm³/mol. The number of aryl methyl sites for hydroxylation is 1. The van der Waals surface area contributed by atoms with E-state index in [1.165, 1.54) is 6.33 Å². The molecule has 1 aromatic carbocycles. The monoisotopic (exact) mass is 355 g/mol. The number of aromatic nitrogens is 2. The molecule has 0 saturated carbocycles. The molecule has 2 aromatic rings. The molecule has 136 valence electrons. The highest BCUT2D eigenvalue weighted by molar-refractivity contribution is 6.07. The number of benzene rings is 1. The summed E-state index contributed by atoms with van der Waals surface area (Å²) in [7, 11) is 0. The maximum absolute atomic E-state index is 12.7. The van der Waals surface area contributed by atoms with Crippen LogP contribution in [0.4, 0.5) is 4.79 Å². The van der Waals surface area contributed by atoms with Crippen molar-refractivity contribution >= 4 is 17.8 Å². The molecule has 8 nitrogen and oxygen atoms in total. The molecule has 0 unspecified atom stereocenters. The first-order chi connectivity index (χ1) is 12.4. The Morgan fingerprint density at radius 1 is 1.31 bits per heavy atom. The van der Waals surface area contributed by atoms with Crippen LogP contribution in [0.15, 0.2) is 49.1 Å². The van der Waals surface area contributed by atoms with E-state index < -0.39 is 29.4 Å². The van der Waals surface area contributed by atoms with E-state index >= 15 is 0 Å². The van der Waals surface area contributed by atoms with Crippen molar-refractivity contribution in [1.29, 1.82) is 0 Å². The molecule has 0 aliphatic carbocycles. The van der Waals surface area contributed by atoms with E-state index in [2.05, 4.69) is 15.7 Å². The van der Waals surface area contributed by atoms with Gasteiger partial charge in [-0.25, -0.2) is 9.78 Å². The third kappa shape index (κ3) is 3.44. The van der Waals surface area contributed by atoms with E-state index in [1.807, 2.05) is 30.3 Å². The number of urea groups is 1. The Bertz CT molecular complexity index is 805. The lowest BCUT2D eigenvalue weighted by molar-refractivity contribution is -0.140. The van der Waals surface area contributed by atoms with Crippen LogP contribution in [0.1, 0.15) is 31.9 Å². The molecule has 1 aliphatic heterocycles. The van der Waals surface area contributed by atoms with Crippen LogP contribution < -0.4 is 10.7 Å². The van der Waals surface area contributed by atoms with Gasteiger partial charge in [-0.2, -0.15) is 5.01 Å². The second-order valence-corrected chi connectivity index (χ2v) is 6.55. The summed E-state index contributed by atoms with van der Waals surface area (Å²) in [5.74, 6) is -0.941. The number of nitrogens with one attached hydrogen (secondary N) is 2. The molecule has 8 heteroatoms. The fourth-order valence-electron chi connectivity index (χ4n) is 2.83. The Labute approximate surface area is 151 Å². The summed E-state index contributed by atoms with van der Waals surface area (Å²) in [6, 6.07) is 8.49. The summed E-state index contributed by atoms with van der Waals surface area (Å²) < 4.78 is 1.59. The molecule has 2 atom stereocenters. The van der Waals surface area contributed by atoms with Crippen molar-refractivity contribution in [3.63, 3.8) is 0 Å². The van der Waals surface area contributed by atoms with Crippen LogP contribution in [0.25, 0.3) is 0 Å². The van der Waals surface area contributed by atoms with Crippen molar-refractivity contribution in [2.24, 2.45) is 0 Å². The van der Waals surface area contributed by atoms with Gasteiger partial charge in [-0.1, -0.05) is 30.3 Å². The van der Waals surface area contributed by atoms with Gasteiger partial charge in [-0.05, 0) is 32.3 Å². The molecule has 1 aromatic heterocycles. The van der Waals surface area contributed by atoms with E-state index in [4.69, 9.17) is 0 Å². The van der Waals surface area contributed by atoms with Gasteiger partial charge in [0.1, 0.15) is 11.6 Å². The normalized spacial score (nSPS) is 20.8. The van der Waals surface area contributed by atoms with E-state index in [9.17, 15) is 14.4 Å². The van der Waals surface area contributed by atoms with E-state index in [-0.39, 0.29) is 0 Å². The van der Waals surface area contributed by atoms with Gasteiger partial charge in [0.05, 0.1) is 6.33 Å². The first-order valence-corrected chi connectivity index (χ1v) is 8.39. The maximum Gasteiger partial charge on any atom is 0.344 e. The summed E-state index contributed by atoms with van der Waals surface area (Å²) in [5, 5.41) is 3.45. The zero-order valence-corrected chi connectivity index (χ0v) is 14.7. The number of hydrazine groups is 1. The molecule has 1 saturated heterocycles. The van der Waals surface area contributed by atoms with Crippen molar-refractivity contribution in [3.8, 4) is 0 Å². The fourth-order valence-corrected chi connectivity index (χ4v) is 2.83. The fraction of sp³-hybridized carbons (Fsp3) is 0.333. The number of imidazole rings is 1. The molecule has 0 radical (unpaired) electrons. The SMILES string of the molecule is C[C@@H](C(=O)NN1C(=O)N[C@](C)(CCc2ccccc2)C1=O)n1ccnc1. The largest absolute Gasteiger partial charge is 0.344 e. The highest BCUT2D eigenvalue weighted by Gasteiger charge is 2.48. The topological polar surface area (TPSA) is 96.3 Å². The number of hydrogen-bond acceptors (Lipinski definition) is 4. The number of hydrogen-bond donors (Lipinski definition) is 2. The third-order valence-corrected chi connectivity index (χ3v) is 4.59. The average molecular weight is 355 g/mol. The van der Waals surface area contributed by atoms with E-state index in [0.29, 0.717) is 12.8 Å². The minimum Gasteiger partial charge on any atom is -0.325 e. The number of nitrogens with zero attached hydrogens (tertiary/aromatic N) is 3. The van der Waals surface area contributed by atoms with Crippen LogP contribution in [-0.2, 0) is 16.0 Å². The van der Waals surface area contributed by atoms with Crippen molar-refractivity contribution in [3.05, 3.63) is 54.6 Å². The van der Waals surface area contributed by atoms with Crippen LogP contribution in [0, 0.1) is 0 Å². The van der Waals surface area contributed by atoms with Crippen molar-refractivity contribution in [2.75, 3.05) is 0 Å². The van der Waals surface area contributed by atoms with Crippen LogP contribution in [0.3, 0.4) is 0 Å². The van der Waals surface area contributed by atoms with Crippen LogP contribution in [0.5, 0.6) is 0 Å². The summed E-state index contributed by atoms with van der Waals surface area (Å²) in [6.45, 7) is 3.33. The van der Waals surface area contributed by atoms with Gasteiger partial charge in [0, 0.05) is 12.4 Å². The molecule has 4 amide bonds. The minimum atomic E-state index is -1.06. The summed E-state index contributed by atoms with van der Waals surface area (Å²) in [5.41, 5.74) is 2.42. The number of imide groups is 1. The minimum absolute atomic E-state index is 0.436. The first kappa shape index (κ1) is 17.7. The second-order valence-electron chi connectivity index (χ2n) is 6.55. The lowest BCUT2D eigenvalue weighted by atomic mass is 9.93. The Hall–Kier alpha value is -3.16. The Morgan fingerprint density at radius 2 is 2.04 bits per heavy atom. The van der Waals surface area contributed by atoms with Gasteiger partial charge < -0.3 is 9.88 Å². The number of amides is 4. The molecule has 3 rings (SSSR count). The van der Waals surface area contributed by atoms with Crippen molar-refractivity contribution in [1.82, 2.24) is 25.3 Å². The smallest absolute Gasteiger partial charge is 0.325 e. The van der Waals surface area contributed by atoms with Gasteiger partial charge in [-0.3, -0.25) is 15.0 Å². The number of carbonyl (C=O) groups excluding carboxylic acids is 3. The Morgan fingerprint density at radius 3 is 2.69 bits per heavy atom. The van der Waals surface area contributed by atoms with E-state index in [0.717, 1.165) is 10.6 Å². The second kappa shape index (κ2) is 6.99. The van der Waals surface area contributed by atoms with Gasteiger partial charge in [-0.15, -0.1) is 0 Å². The molecule has 0 spiro atoms. The molecular formula is C18H21N5O3. The lowest BCUT2D eigenvalue weighted by Gasteiger charge is -2.22. The first-order valence-electron chi connectivity index (χ1n) is 8.39. The van der Waals surface area contributed by atoms with E-state index in [1.54, 1.807) is 30.8 Å². The molecule has 1 fully saturated rings. The summed E-state index contributed by atoms with van der Waals surface area (Å²) in [4.78, 5) is 41.2. The number of rotatable bonds is 6. The molecule has 26 heavy (non-hydrogen) atoms. The molecule has 2 N–H and O–H groups in total. The summed E-state index contributed by atoms with van der Waals surface area (Å²) in [6.07, 6.45) is 5.76. The van der Waals surface area contributed by atoms with Crippen LogP contribution >= 0.6 is 0 Å². The van der Waals surface area contributed by atoms with Gasteiger partial charge in [0.25, 0.3) is 11.8 Å². The zero-order valence-electron chi connectivity index (χ0n) is 14.7. The highest BCUT2D eigenvalue weighted by Crippen LogP contribution is 2.22. The van der Waals surface area contributed by atoms with Crippen LogP contribution in [-0.4, -0.2) is 37.9 Å². The van der Waals surface area contributed by atoms with Gasteiger partial charge in [0.2, 0.25) is 0 Å². The van der Waals surface area contributed by atoms with Crippen molar-refractivity contribution < 1.29 is 14.4 Å². The molecular weight excluding hydrogens is 334 g/mol. The lowest BCUT2D eigenvalue weighted by Crippen LogP contribution is -2.50. The standard InChI is InChI=1S/C18H21N5O3/c1-13(22-11-10-19-12-22)15(24)21-23-16(25)18(2,20-17(23)26)9-8-14-6-4-3-5-7-14/h3-7,10-13H,8-9H2,1-2H3,(H,20,26)(H,21,24)/t13-,18+/m0/s1. The van der Waals surface area contributed by atoms with Gasteiger partial charge >= 0.3 is 6.03 Å². The Balaban J connectivity index is 1.65. The number of carbonyl (C=O) groups is 3. The predicted octanol–water partition coefficient (Wildman–Crippen LogP) is 1.42. The average Bonchev–Trinajstić information content (AvgIpc) is 3.24. The zero-order chi connectivity index (χ0) is 18.7. The Kier molecular flexibility index (Phi) is 4.75. The molecule has 0 bridgehead atoms. The maximum atomic E-state index is 12.7. The highest BCUT2D eigenvalue weighted by atomic mass is 16.2.